The molecule has 2 N–H and O–H groups in total. The third-order valence-electron chi connectivity index (χ3n) is 1.06. The number of carbonyl (C=O) groups excluding carboxylic acids is 1. The summed E-state index contributed by atoms with van der Waals surface area (Å²) >= 11 is -2.28. The molecule has 0 radical (unpaired) electrons. The second kappa shape index (κ2) is 5.22. The van der Waals surface area contributed by atoms with Crippen LogP contribution in [0.2, 0.25) is 0 Å². The SMILES string of the molecule is COC(=O)CCC(O)S(=O)O. The Balaban J connectivity index is 3.54. The van der Waals surface area contributed by atoms with E-state index in [2.05, 4.69) is 4.74 Å². The number of hydrogen-bond acceptors (Lipinski definition) is 4. The number of methoxy groups -OCH3 is 1. The Kier molecular flexibility index (Phi) is 5.01. The summed E-state index contributed by atoms with van der Waals surface area (Å²) in [6.45, 7) is 0. The van der Waals surface area contributed by atoms with Crippen molar-refractivity contribution in [3.63, 3.8) is 0 Å². The van der Waals surface area contributed by atoms with E-state index in [9.17, 15) is 9.00 Å². The Hall–Kier alpha value is -0.460. The fourth-order valence-electron chi connectivity index (χ4n) is 0.444. The Morgan fingerprint density at radius 1 is 1.73 bits per heavy atom. The fraction of sp³-hybridized carbons (Fsp3) is 0.800. The zero-order chi connectivity index (χ0) is 8.85. The molecule has 0 rings (SSSR count). The van der Waals surface area contributed by atoms with E-state index in [4.69, 9.17) is 9.66 Å². The van der Waals surface area contributed by atoms with Gasteiger partial charge in [0.05, 0.1) is 7.11 Å². The standard InChI is InChI=1S/C5H10O5S/c1-10-4(6)2-3-5(7)11(8)9/h5,7H,2-3H2,1H3,(H,8,9). The summed E-state index contributed by atoms with van der Waals surface area (Å²) in [6.07, 6.45) is -0.111. The van der Waals surface area contributed by atoms with Crippen molar-refractivity contribution in [2.45, 2.75) is 18.3 Å². The van der Waals surface area contributed by atoms with Gasteiger partial charge in [-0.25, -0.2) is 4.21 Å². The molecular formula is C5H10O5S. The van der Waals surface area contributed by atoms with Gasteiger partial charge in [-0.05, 0) is 6.42 Å². The van der Waals surface area contributed by atoms with Crippen LogP contribution in [0.5, 0.6) is 0 Å². The van der Waals surface area contributed by atoms with Crippen molar-refractivity contribution in [3.8, 4) is 0 Å². The molecule has 11 heavy (non-hydrogen) atoms. The molecule has 0 amide bonds. The molecule has 2 atom stereocenters. The highest BCUT2D eigenvalue weighted by Crippen LogP contribution is 2.00. The van der Waals surface area contributed by atoms with E-state index in [1.54, 1.807) is 0 Å². The molecular weight excluding hydrogens is 172 g/mol. The molecule has 0 saturated carbocycles. The first-order chi connectivity index (χ1) is 5.07. The summed E-state index contributed by atoms with van der Waals surface area (Å²) in [7, 11) is 1.21. The highest BCUT2D eigenvalue weighted by molar-refractivity contribution is 7.79. The lowest BCUT2D eigenvalue weighted by molar-refractivity contribution is -0.141. The first-order valence-corrected chi connectivity index (χ1v) is 4.09. The second-order valence-corrected chi connectivity index (χ2v) is 2.94. The van der Waals surface area contributed by atoms with E-state index < -0.39 is 22.5 Å². The molecule has 5 nitrogen and oxygen atoms in total. The Morgan fingerprint density at radius 2 is 2.27 bits per heavy atom. The maximum absolute atomic E-state index is 10.4. The average molecular weight is 182 g/mol. The van der Waals surface area contributed by atoms with E-state index in [1.807, 2.05) is 0 Å². The van der Waals surface area contributed by atoms with Crippen molar-refractivity contribution in [3.05, 3.63) is 0 Å². The van der Waals surface area contributed by atoms with Gasteiger partial charge in [0, 0.05) is 6.42 Å². The summed E-state index contributed by atoms with van der Waals surface area (Å²) in [6, 6.07) is 0. The molecule has 0 fully saturated rings. The van der Waals surface area contributed by atoms with Crippen molar-refractivity contribution in [2.24, 2.45) is 0 Å². The highest BCUT2D eigenvalue weighted by Gasteiger charge is 2.12. The van der Waals surface area contributed by atoms with Crippen LogP contribution in [0, 0.1) is 0 Å². The van der Waals surface area contributed by atoms with Gasteiger partial charge in [-0.3, -0.25) is 4.79 Å². The average Bonchev–Trinajstić information content (AvgIpc) is 1.99. The Bertz CT molecular complexity index is 157. The van der Waals surface area contributed by atoms with Crippen LogP contribution in [0.25, 0.3) is 0 Å². The molecule has 0 aliphatic rings. The first-order valence-electron chi connectivity index (χ1n) is 2.92. The third-order valence-corrected chi connectivity index (χ3v) is 1.76. The molecule has 0 aliphatic carbocycles. The maximum Gasteiger partial charge on any atom is 0.305 e. The summed E-state index contributed by atoms with van der Waals surface area (Å²) in [4.78, 5) is 10.4. The minimum Gasteiger partial charge on any atom is -0.469 e. The molecule has 0 spiro atoms. The summed E-state index contributed by atoms with van der Waals surface area (Å²) in [5, 5.41) is 8.71. The van der Waals surface area contributed by atoms with Crippen molar-refractivity contribution in [1.29, 1.82) is 0 Å². The van der Waals surface area contributed by atoms with Gasteiger partial charge in [0.2, 0.25) is 0 Å². The fourth-order valence-corrected chi connectivity index (χ4v) is 0.764. The summed E-state index contributed by atoms with van der Waals surface area (Å²) in [5.74, 6) is -0.505. The molecule has 0 aromatic carbocycles. The first kappa shape index (κ1) is 10.5. The topological polar surface area (TPSA) is 83.8 Å². The number of esters is 1. The van der Waals surface area contributed by atoms with E-state index in [0.717, 1.165) is 0 Å². The largest absolute Gasteiger partial charge is 0.469 e. The Labute approximate surface area is 66.6 Å². The predicted molar refractivity (Wildman–Crippen MR) is 38.0 cm³/mol. The van der Waals surface area contributed by atoms with Crippen LogP contribution < -0.4 is 0 Å². The number of rotatable bonds is 4. The summed E-state index contributed by atoms with van der Waals surface area (Å²) in [5.41, 5.74) is -1.37. The van der Waals surface area contributed by atoms with Crippen LogP contribution in [0.3, 0.4) is 0 Å². The highest BCUT2D eigenvalue weighted by atomic mass is 32.2. The van der Waals surface area contributed by atoms with E-state index in [0.29, 0.717) is 0 Å². The summed E-state index contributed by atoms with van der Waals surface area (Å²) < 4.78 is 22.6. The normalized spacial score (nSPS) is 15.5. The molecule has 0 aliphatic heterocycles. The van der Waals surface area contributed by atoms with Crippen molar-refractivity contribution in [1.82, 2.24) is 0 Å². The van der Waals surface area contributed by atoms with Gasteiger partial charge >= 0.3 is 5.97 Å². The van der Waals surface area contributed by atoms with Crippen LogP contribution in [0.15, 0.2) is 0 Å². The number of aliphatic hydroxyl groups excluding tert-OH is 1. The van der Waals surface area contributed by atoms with Gasteiger partial charge in [0.1, 0.15) is 0 Å². The van der Waals surface area contributed by atoms with Gasteiger partial charge < -0.3 is 14.4 Å². The number of ether oxygens (including phenoxy) is 1. The molecule has 0 heterocycles. The molecule has 0 aromatic heterocycles. The van der Waals surface area contributed by atoms with Gasteiger partial charge in [-0.1, -0.05) is 0 Å². The quantitative estimate of drug-likeness (QED) is 0.451. The van der Waals surface area contributed by atoms with E-state index in [-0.39, 0.29) is 12.8 Å². The maximum atomic E-state index is 10.4. The van der Waals surface area contributed by atoms with Crippen LogP contribution in [0.1, 0.15) is 12.8 Å². The zero-order valence-electron chi connectivity index (χ0n) is 6.02. The molecule has 0 aromatic rings. The minimum atomic E-state index is -2.28. The molecule has 2 unspecified atom stereocenters. The number of hydrogen-bond donors (Lipinski definition) is 2. The van der Waals surface area contributed by atoms with E-state index in [1.165, 1.54) is 7.11 Å². The lowest BCUT2D eigenvalue weighted by Gasteiger charge is -2.03. The van der Waals surface area contributed by atoms with Crippen LogP contribution in [0.4, 0.5) is 0 Å². The predicted octanol–water partition coefficient (Wildman–Crippen LogP) is -0.520. The zero-order valence-corrected chi connectivity index (χ0v) is 6.84. The van der Waals surface area contributed by atoms with Gasteiger partial charge in [0.25, 0.3) is 0 Å². The van der Waals surface area contributed by atoms with Crippen LogP contribution in [-0.4, -0.2) is 32.4 Å². The molecule has 66 valence electrons. The lowest BCUT2D eigenvalue weighted by atomic mass is 10.3. The van der Waals surface area contributed by atoms with Crippen LogP contribution >= 0.6 is 0 Å². The molecule has 0 bridgehead atoms. The van der Waals surface area contributed by atoms with Crippen molar-refractivity contribution in [2.75, 3.05) is 7.11 Å². The van der Waals surface area contributed by atoms with Gasteiger partial charge in [-0.15, -0.1) is 0 Å². The van der Waals surface area contributed by atoms with Crippen molar-refractivity contribution < 1.29 is 23.4 Å². The van der Waals surface area contributed by atoms with Crippen LogP contribution in [-0.2, 0) is 20.6 Å². The second-order valence-electron chi connectivity index (χ2n) is 1.85. The van der Waals surface area contributed by atoms with E-state index >= 15 is 0 Å². The van der Waals surface area contributed by atoms with Gasteiger partial charge in [0.15, 0.2) is 16.5 Å². The number of aliphatic hydroxyl groups is 1. The molecule has 0 saturated heterocycles. The molecule has 6 heteroatoms. The smallest absolute Gasteiger partial charge is 0.305 e. The lowest BCUT2D eigenvalue weighted by Crippen LogP contribution is -2.15. The van der Waals surface area contributed by atoms with Gasteiger partial charge in [-0.2, -0.15) is 0 Å². The number of carbonyl (C=O) groups is 1. The Morgan fingerprint density at radius 3 is 2.64 bits per heavy atom. The monoisotopic (exact) mass is 182 g/mol. The third kappa shape index (κ3) is 4.88. The minimum absolute atomic E-state index is 0.0516. The van der Waals surface area contributed by atoms with Crippen molar-refractivity contribution >= 4 is 17.0 Å².